The van der Waals surface area contributed by atoms with Crippen LogP contribution in [0.15, 0.2) is 0 Å². The van der Waals surface area contributed by atoms with Gasteiger partial charge in [0.05, 0.1) is 12.2 Å². The zero-order valence-electron chi connectivity index (χ0n) is 14.3. The smallest absolute Gasteiger partial charge is 0.189 e. The molecule has 0 radical (unpaired) electrons. The van der Waals surface area contributed by atoms with Gasteiger partial charge < -0.3 is 14.6 Å². The first-order valence-electron chi connectivity index (χ1n) is 8.00. The summed E-state index contributed by atoms with van der Waals surface area (Å²) in [4.78, 5) is 0. The first kappa shape index (κ1) is 20.3. The van der Waals surface area contributed by atoms with E-state index in [1.807, 2.05) is 20.8 Å². The molecule has 6 heteroatoms. The molecule has 22 heavy (non-hydrogen) atoms. The highest BCUT2D eigenvalue weighted by molar-refractivity contribution is 9.09. The molecule has 3 nitrogen and oxygen atoms in total. The second kappa shape index (κ2) is 7.41. The third-order valence-electron chi connectivity index (χ3n) is 5.23. The first-order valence-corrected chi connectivity index (χ1v) is 8.92. The maximum absolute atomic E-state index is 13.7. The molecule has 8 atom stereocenters. The number of alkyl halides is 3. The predicted molar refractivity (Wildman–Crippen MR) is 86.4 cm³/mol. The lowest BCUT2D eigenvalue weighted by atomic mass is 9.89. The van der Waals surface area contributed by atoms with Crippen molar-refractivity contribution in [3.63, 3.8) is 0 Å². The molecule has 0 aromatic heterocycles. The molecule has 2 saturated heterocycles. The van der Waals surface area contributed by atoms with Gasteiger partial charge in [0, 0.05) is 11.8 Å². The largest absolute Gasteiger partial charge is 0.365 e. The van der Waals surface area contributed by atoms with Crippen LogP contribution in [0, 0.1) is 11.8 Å². The molecule has 0 saturated carbocycles. The van der Waals surface area contributed by atoms with Crippen LogP contribution in [0.1, 0.15) is 54.4 Å². The van der Waals surface area contributed by atoms with E-state index in [4.69, 9.17) is 14.6 Å². The Kier molecular flexibility index (Phi) is 6.82. The Morgan fingerprint density at radius 3 is 1.55 bits per heavy atom. The van der Waals surface area contributed by atoms with Crippen LogP contribution in [0.25, 0.3) is 0 Å². The Hall–Kier alpha value is 0.220. The van der Waals surface area contributed by atoms with Gasteiger partial charge >= 0.3 is 0 Å². The average Bonchev–Trinajstić information content (AvgIpc) is 2.78. The summed E-state index contributed by atoms with van der Waals surface area (Å²) in [5.41, 5.74) is -2.80. The van der Waals surface area contributed by atoms with Gasteiger partial charge in [-0.05, 0) is 26.7 Å². The van der Waals surface area contributed by atoms with Crippen LogP contribution in [0.4, 0.5) is 8.78 Å². The third kappa shape index (κ3) is 3.82. The summed E-state index contributed by atoms with van der Waals surface area (Å²) in [6.45, 7) is 10.6. The van der Waals surface area contributed by atoms with Crippen LogP contribution in [0.3, 0.4) is 0 Å². The molecule has 2 heterocycles. The third-order valence-corrected chi connectivity index (χ3v) is 6.34. The average molecular weight is 387 g/mol. The van der Waals surface area contributed by atoms with Gasteiger partial charge in [-0.3, -0.25) is 0 Å². The van der Waals surface area contributed by atoms with Crippen molar-refractivity contribution in [2.45, 2.75) is 89.2 Å². The van der Waals surface area contributed by atoms with Gasteiger partial charge in [0.15, 0.2) is 12.0 Å². The zero-order valence-corrected chi connectivity index (χ0v) is 15.9. The molecule has 0 bridgehead atoms. The number of hydrogen-bond acceptors (Lipinski definition) is 3. The van der Waals surface area contributed by atoms with Crippen LogP contribution < -0.4 is 0 Å². The van der Waals surface area contributed by atoms with Crippen molar-refractivity contribution < 1.29 is 23.4 Å². The van der Waals surface area contributed by atoms with Crippen molar-refractivity contribution in [2.24, 2.45) is 11.8 Å². The van der Waals surface area contributed by atoms with Crippen LogP contribution in [0.2, 0.25) is 0 Å². The predicted octanol–water partition coefficient (Wildman–Crippen LogP) is 4.36. The molecule has 1 unspecified atom stereocenters. The van der Waals surface area contributed by atoms with Crippen molar-refractivity contribution >= 4 is 15.9 Å². The molecule has 2 fully saturated rings. The van der Waals surface area contributed by atoms with Gasteiger partial charge in [0.25, 0.3) is 0 Å². The maximum Gasteiger partial charge on any atom is 0.189 e. The second-order valence-corrected chi connectivity index (χ2v) is 7.55. The van der Waals surface area contributed by atoms with Gasteiger partial charge in [0.1, 0.15) is 10.7 Å². The molecular weight excluding hydrogens is 358 g/mol. The highest BCUT2D eigenvalue weighted by Crippen LogP contribution is 2.42. The highest BCUT2D eigenvalue weighted by atomic mass is 79.9. The maximum atomic E-state index is 13.7. The minimum Gasteiger partial charge on any atom is -0.365 e. The van der Waals surface area contributed by atoms with E-state index in [0.29, 0.717) is 0 Å². The SMILES string of the molecule is CC[C@H]1OC(O)[C@](C)(F)[C@@H]1C.CC[C@H]1O[C@H](Br)[C@](C)(F)[C@@H]1C. The van der Waals surface area contributed by atoms with Gasteiger partial charge in [-0.1, -0.05) is 43.6 Å². The summed E-state index contributed by atoms with van der Waals surface area (Å²) in [5, 5.41) is 8.70. The van der Waals surface area contributed by atoms with Crippen molar-refractivity contribution in [1.82, 2.24) is 0 Å². The summed E-state index contributed by atoms with van der Waals surface area (Å²) < 4.78 is 37.5. The number of rotatable bonds is 2. The Labute approximate surface area is 140 Å². The van der Waals surface area contributed by atoms with Crippen LogP contribution in [-0.2, 0) is 9.47 Å². The quantitative estimate of drug-likeness (QED) is 0.716. The van der Waals surface area contributed by atoms with E-state index in [1.54, 1.807) is 13.8 Å². The van der Waals surface area contributed by atoms with Crippen LogP contribution >= 0.6 is 15.9 Å². The highest BCUT2D eigenvalue weighted by Gasteiger charge is 2.51. The Balaban J connectivity index is 0.000000220. The van der Waals surface area contributed by atoms with E-state index >= 15 is 0 Å². The number of aliphatic hydroxyl groups is 1. The summed E-state index contributed by atoms with van der Waals surface area (Å²) in [7, 11) is 0. The van der Waals surface area contributed by atoms with Gasteiger partial charge in [-0.2, -0.15) is 0 Å². The summed E-state index contributed by atoms with van der Waals surface area (Å²) in [6.07, 6.45) is 0.303. The van der Waals surface area contributed by atoms with Crippen LogP contribution in [-0.4, -0.2) is 40.0 Å². The Bertz CT molecular complexity index is 331. The minimum atomic E-state index is -1.58. The molecule has 0 amide bonds. The topological polar surface area (TPSA) is 38.7 Å². The fourth-order valence-electron chi connectivity index (χ4n) is 2.88. The summed E-state index contributed by atoms with van der Waals surface area (Å²) >= 11 is 3.18. The van der Waals surface area contributed by atoms with Crippen molar-refractivity contribution in [1.29, 1.82) is 0 Å². The molecular formula is C16H29BrF2O3. The number of halogens is 3. The van der Waals surface area contributed by atoms with Gasteiger partial charge in [-0.25, -0.2) is 8.78 Å². The summed E-state index contributed by atoms with van der Waals surface area (Å²) in [5.74, 6) is -0.237. The molecule has 2 aliphatic heterocycles. The van der Waals surface area contributed by atoms with E-state index in [-0.39, 0.29) is 24.0 Å². The Morgan fingerprint density at radius 1 is 0.955 bits per heavy atom. The molecule has 0 spiro atoms. The molecule has 0 aromatic carbocycles. The standard InChI is InChI=1S/C8H14BrFO.C8H15FO2/c1-4-6-5(2)8(3,10)7(9)11-6;1-4-6-5(2)8(3,9)7(10)11-6/h5-7H,4H2,1-3H3;5-7,10H,4H2,1-3H3/t5-,6-,7+,8-;5-,6-,7?,8-/m11/s1. The molecule has 2 aliphatic rings. The zero-order chi connectivity index (χ0) is 17.3. The van der Waals surface area contributed by atoms with Crippen molar-refractivity contribution in [2.75, 3.05) is 0 Å². The summed E-state index contributed by atoms with van der Waals surface area (Å²) in [6, 6.07) is 0. The minimum absolute atomic E-state index is 0.0168. The fraction of sp³-hybridized carbons (Fsp3) is 1.00. The van der Waals surface area contributed by atoms with E-state index in [0.717, 1.165) is 12.8 Å². The van der Waals surface area contributed by atoms with Gasteiger partial charge in [-0.15, -0.1) is 0 Å². The second-order valence-electron chi connectivity index (χ2n) is 6.71. The lowest BCUT2D eigenvalue weighted by molar-refractivity contribution is -0.138. The van der Waals surface area contributed by atoms with Crippen molar-refractivity contribution in [3.8, 4) is 0 Å². The molecule has 1 N–H and O–H groups in total. The Morgan fingerprint density at radius 2 is 1.36 bits per heavy atom. The van der Waals surface area contributed by atoms with E-state index in [9.17, 15) is 8.78 Å². The number of aliphatic hydroxyl groups excluding tert-OH is 1. The first-order chi connectivity index (χ1) is 9.99. The monoisotopic (exact) mass is 386 g/mol. The van der Waals surface area contributed by atoms with Crippen LogP contribution in [0.5, 0.6) is 0 Å². The van der Waals surface area contributed by atoms with E-state index in [2.05, 4.69) is 15.9 Å². The lowest BCUT2D eigenvalue weighted by Gasteiger charge is -2.20. The molecule has 2 rings (SSSR count). The molecule has 0 aromatic rings. The lowest BCUT2D eigenvalue weighted by Crippen LogP contribution is -2.35. The van der Waals surface area contributed by atoms with E-state index < -0.39 is 22.6 Å². The number of ether oxygens (including phenoxy) is 2. The van der Waals surface area contributed by atoms with Gasteiger partial charge in [0.2, 0.25) is 0 Å². The van der Waals surface area contributed by atoms with Crippen molar-refractivity contribution in [3.05, 3.63) is 0 Å². The normalized spacial score (nSPS) is 51.5. The molecule has 132 valence electrons. The fourth-order valence-corrected chi connectivity index (χ4v) is 3.57. The molecule has 0 aliphatic carbocycles. The number of hydrogen-bond donors (Lipinski definition) is 1. The van der Waals surface area contributed by atoms with E-state index in [1.165, 1.54) is 6.92 Å².